The van der Waals surface area contributed by atoms with Gasteiger partial charge in [0.1, 0.15) is 0 Å². The number of nitrogens with one attached hydrogen (secondary N) is 1. The Hall–Kier alpha value is -0.940. The van der Waals surface area contributed by atoms with E-state index in [9.17, 15) is 4.79 Å². The van der Waals surface area contributed by atoms with Crippen LogP contribution >= 0.6 is 11.3 Å². The largest absolute Gasteiger partial charge is 0.317 e. The number of hydrogen-bond acceptors (Lipinski definition) is 4. The first-order chi connectivity index (χ1) is 7.01. The van der Waals surface area contributed by atoms with Gasteiger partial charge in [-0.2, -0.15) is 0 Å². The predicted molar refractivity (Wildman–Crippen MR) is 61.0 cm³/mol. The quantitative estimate of drug-likeness (QED) is 0.803. The van der Waals surface area contributed by atoms with E-state index in [1.165, 1.54) is 11.3 Å². The summed E-state index contributed by atoms with van der Waals surface area (Å²) in [5.74, 6) is -0.0949. The normalized spacial score (nSPS) is 18.3. The third-order valence-corrected chi connectivity index (χ3v) is 3.94. The smallest absolute Gasteiger partial charge is 0.246 e. The lowest BCUT2D eigenvalue weighted by molar-refractivity contribution is -0.123. The number of carbonyl (C=O) groups excluding carboxylic acids is 1. The molecule has 1 aliphatic rings. The first-order valence-corrected chi connectivity index (χ1v) is 5.87. The Labute approximate surface area is 92.9 Å². The van der Waals surface area contributed by atoms with Crippen LogP contribution in [0.3, 0.4) is 0 Å². The fraction of sp³-hybridized carbons (Fsp3) is 0.600. The molecule has 1 aromatic rings. The Kier molecular flexibility index (Phi) is 2.52. The van der Waals surface area contributed by atoms with Crippen molar-refractivity contribution >= 4 is 22.4 Å². The lowest BCUT2D eigenvalue weighted by Crippen LogP contribution is -2.56. The first-order valence-electron chi connectivity index (χ1n) is 5.06. The second-order valence-electron chi connectivity index (χ2n) is 4.12. The van der Waals surface area contributed by atoms with Gasteiger partial charge in [-0.05, 0) is 33.1 Å². The third-order valence-electron chi connectivity index (χ3n) is 2.95. The summed E-state index contributed by atoms with van der Waals surface area (Å²) in [4.78, 5) is 17.2. The Morgan fingerprint density at radius 2 is 2.20 bits per heavy atom. The van der Waals surface area contributed by atoms with Crippen LogP contribution < -0.4 is 11.1 Å². The molecule has 0 saturated heterocycles. The van der Waals surface area contributed by atoms with Crippen molar-refractivity contribution in [2.24, 2.45) is 5.73 Å². The van der Waals surface area contributed by atoms with Crippen LogP contribution in [0.5, 0.6) is 0 Å². The van der Waals surface area contributed by atoms with Gasteiger partial charge < -0.3 is 11.1 Å². The van der Waals surface area contributed by atoms with Crippen molar-refractivity contribution in [1.29, 1.82) is 0 Å². The molecule has 3 N–H and O–H groups in total. The molecule has 0 aliphatic heterocycles. The van der Waals surface area contributed by atoms with E-state index in [1.807, 2.05) is 13.8 Å². The molecule has 5 heteroatoms. The number of hydrogen-bond donors (Lipinski definition) is 2. The van der Waals surface area contributed by atoms with Crippen LogP contribution in [-0.4, -0.2) is 16.4 Å². The van der Waals surface area contributed by atoms with Crippen LogP contribution in [-0.2, 0) is 4.79 Å². The number of nitrogens with two attached hydrogens (primary N) is 1. The molecule has 1 aromatic heterocycles. The van der Waals surface area contributed by atoms with Crippen LogP contribution in [0.15, 0.2) is 0 Å². The molecule has 0 spiro atoms. The molecule has 0 bridgehead atoms. The second kappa shape index (κ2) is 3.57. The minimum absolute atomic E-state index is 0.0949. The van der Waals surface area contributed by atoms with Crippen molar-refractivity contribution in [3.05, 3.63) is 10.6 Å². The molecular formula is C10H15N3OS. The Balaban J connectivity index is 2.05. The maximum Gasteiger partial charge on any atom is 0.246 e. The highest BCUT2D eigenvalue weighted by atomic mass is 32.1. The van der Waals surface area contributed by atoms with Gasteiger partial charge in [0.2, 0.25) is 5.91 Å². The highest BCUT2D eigenvalue weighted by Gasteiger charge is 2.40. The molecule has 82 valence electrons. The topological polar surface area (TPSA) is 68.0 Å². The van der Waals surface area contributed by atoms with Crippen LogP contribution in [0, 0.1) is 13.8 Å². The molecule has 1 fully saturated rings. The monoisotopic (exact) mass is 225 g/mol. The van der Waals surface area contributed by atoms with Crippen molar-refractivity contribution in [2.75, 3.05) is 5.32 Å². The van der Waals surface area contributed by atoms with Gasteiger partial charge in [0.15, 0.2) is 5.13 Å². The van der Waals surface area contributed by atoms with Crippen LogP contribution in [0.25, 0.3) is 0 Å². The van der Waals surface area contributed by atoms with Gasteiger partial charge in [0.05, 0.1) is 11.2 Å². The molecule has 1 heterocycles. The van der Waals surface area contributed by atoms with E-state index in [-0.39, 0.29) is 5.91 Å². The highest BCUT2D eigenvalue weighted by molar-refractivity contribution is 7.15. The summed E-state index contributed by atoms with van der Waals surface area (Å²) >= 11 is 1.49. The number of rotatable bonds is 2. The van der Waals surface area contributed by atoms with E-state index in [2.05, 4.69) is 10.3 Å². The molecule has 1 aliphatic carbocycles. The first kappa shape index (κ1) is 10.6. The fourth-order valence-electron chi connectivity index (χ4n) is 1.53. The van der Waals surface area contributed by atoms with Gasteiger partial charge in [-0.1, -0.05) is 0 Å². The molecule has 0 atom stereocenters. The van der Waals surface area contributed by atoms with Crippen molar-refractivity contribution in [2.45, 2.75) is 38.6 Å². The predicted octanol–water partition coefficient (Wildman–Crippen LogP) is 1.58. The molecule has 2 rings (SSSR count). The van der Waals surface area contributed by atoms with Gasteiger partial charge >= 0.3 is 0 Å². The Morgan fingerprint density at radius 3 is 2.60 bits per heavy atom. The Morgan fingerprint density at radius 1 is 1.53 bits per heavy atom. The average Bonchev–Trinajstić information content (AvgIpc) is 2.41. The number of anilines is 1. The van der Waals surface area contributed by atoms with Crippen molar-refractivity contribution in [3.63, 3.8) is 0 Å². The zero-order valence-electron chi connectivity index (χ0n) is 8.96. The molecule has 4 nitrogen and oxygen atoms in total. The molecule has 0 aromatic carbocycles. The van der Waals surface area contributed by atoms with Crippen LogP contribution in [0.2, 0.25) is 0 Å². The van der Waals surface area contributed by atoms with Crippen molar-refractivity contribution < 1.29 is 4.79 Å². The molecule has 1 amide bonds. The summed E-state index contributed by atoms with van der Waals surface area (Å²) in [6, 6.07) is 0. The summed E-state index contributed by atoms with van der Waals surface area (Å²) in [6.45, 7) is 3.92. The Bertz CT molecular complexity index is 376. The number of aromatic nitrogens is 1. The SMILES string of the molecule is Cc1nc(NC(=O)C2(N)CCC2)sc1C. The van der Waals surface area contributed by atoms with Crippen molar-refractivity contribution in [1.82, 2.24) is 4.98 Å². The van der Waals surface area contributed by atoms with Gasteiger partial charge in [0.25, 0.3) is 0 Å². The molecule has 1 saturated carbocycles. The maximum atomic E-state index is 11.8. The van der Waals surface area contributed by atoms with Gasteiger partial charge in [-0.15, -0.1) is 11.3 Å². The average molecular weight is 225 g/mol. The number of nitrogens with zero attached hydrogens (tertiary/aromatic N) is 1. The minimum Gasteiger partial charge on any atom is -0.317 e. The fourth-order valence-corrected chi connectivity index (χ4v) is 2.34. The number of carbonyl (C=O) groups is 1. The minimum atomic E-state index is -0.645. The number of thiazole rings is 1. The summed E-state index contributed by atoms with van der Waals surface area (Å²) in [5.41, 5.74) is 6.23. The number of aryl methyl sites for hydroxylation is 2. The van der Waals surface area contributed by atoms with Gasteiger partial charge in [0, 0.05) is 4.88 Å². The molecule has 0 radical (unpaired) electrons. The molecule has 15 heavy (non-hydrogen) atoms. The molecular weight excluding hydrogens is 210 g/mol. The van der Waals surface area contributed by atoms with Gasteiger partial charge in [-0.3, -0.25) is 4.79 Å². The van der Waals surface area contributed by atoms with E-state index in [4.69, 9.17) is 5.73 Å². The standard InChI is InChI=1S/C10H15N3OS/c1-6-7(2)15-9(12-6)13-8(14)10(11)4-3-5-10/h3-5,11H2,1-2H3,(H,12,13,14). The zero-order chi connectivity index (χ0) is 11.1. The molecule has 0 unspecified atom stereocenters. The van der Waals surface area contributed by atoms with Gasteiger partial charge in [-0.25, -0.2) is 4.98 Å². The lowest BCUT2D eigenvalue weighted by atomic mass is 9.77. The van der Waals surface area contributed by atoms with E-state index >= 15 is 0 Å². The summed E-state index contributed by atoms with van der Waals surface area (Å²) < 4.78 is 0. The van der Waals surface area contributed by atoms with Crippen molar-refractivity contribution in [3.8, 4) is 0 Å². The highest BCUT2D eigenvalue weighted by Crippen LogP contribution is 2.31. The van der Waals surface area contributed by atoms with E-state index in [1.54, 1.807) is 0 Å². The zero-order valence-corrected chi connectivity index (χ0v) is 9.78. The van der Waals surface area contributed by atoms with E-state index in [0.717, 1.165) is 29.8 Å². The maximum absolute atomic E-state index is 11.8. The van der Waals surface area contributed by atoms with Crippen LogP contribution in [0.4, 0.5) is 5.13 Å². The summed E-state index contributed by atoms with van der Waals surface area (Å²) in [7, 11) is 0. The van der Waals surface area contributed by atoms with Crippen LogP contribution in [0.1, 0.15) is 29.8 Å². The summed E-state index contributed by atoms with van der Waals surface area (Å²) in [6.07, 6.45) is 2.60. The van der Waals surface area contributed by atoms with E-state index in [0.29, 0.717) is 5.13 Å². The lowest BCUT2D eigenvalue weighted by Gasteiger charge is -2.35. The second-order valence-corrected chi connectivity index (χ2v) is 5.33. The number of amides is 1. The third kappa shape index (κ3) is 1.89. The van der Waals surface area contributed by atoms with E-state index < -0.39 is 5.54 Å². The summed E-state index contributed by atoms with van der Waals surface area (Å²) in [5, 5.41) is 3.45.